The van der Waals surface area contributed by atoms with Crippen molar-refractivity contribution in [3.8, 4) is 11.8 Å². The summed E-state index contributed by atoms with van der Waals surface area (Å²) in [6.45, 7) is -0.925. The van der Waals surface area contributed by atoms with E-state index >= 15 is 0 Å². The zero-order chi connectivity index (χ0) is 36.5. The second kappa shape index (κ2) is 16.8. The Morgan fingerprint density at radius 1 is 0.902 bits per heavy atom. The van der Waals surface area contributed by atoms with Gasteiger partial charge in [0.15, 0.2) is 6.61 Å². The molecule has 0 aliphatic carbocycles. The number of nitriles is 1. The number of carboxylic acids is 1. The van der Waals surface area contributed by atoms with E-state index in [-0.39, 0.29) is 18.1 Å². The fourth-order valence-electron chi connectivity index (χ4n) is 5.35. The van der Waals surface area contributed by atoms with Crippen molar-refractivity contribution in [2.75, 3.05) is 23.8 Å². The van der Waals surface area contributed by atoms with Gasteiger partial charge in [-0.15, -0.1) is 11.8 Å². The number of aliphatic hydroxyl groups is 1. The van der Waals surface area contributed by atoms with Gasteiger partial charge in [0.2, 0.25) is 11.8 Å². The highest BCUT2D eigenvalue weighted by molar-refractivity contribution is 8.00. The van der Waals surface area contributed by atoms with Crippen LogP contribution in [0, 0.1) is 23.0 Å². The Kier molecular flexibility index (Phi) is 12.0. The van der Waals surface area contributed by atoms with Gasteiger partial charge in [0.05, 0.1) is 30.3 Å². The Labute approximate surface area is 295 Å². The molecule has 1 heterocycles. The summed E-state index contributed by atoms with van der Waals surface area (Å²) in [6, 6.07) is 24.2. The van der Waals surface area contributed by atoms with Crippen molar-refractivity contribution < 1.29 is 42.9 Å². The van der Waals surface area contributed by atoms with E-state index in [2.05, 4.69) is 10.6 Å². The lowest BCUT2D eigenvalue weighted by molar-refractivity contribution is -0.141. The molecule has 0 aromatic heterocycles. The maximum absolute atomic E-state index is 13.6. The Bertz CT molecular complexity index is 1900. The molecule has 0 radical (unpaired) electrons. The van der Waals surface area contributed by atoms with Gasteiger partial charge in [-0.1, -0.05) is 36.4 Å². The number of nitrogens with zero attached hydrogens (tertiary/aromatic N) is 2. The van der Waals surface area contributed by atoms with Crippen LogP contribution in [0.2, 0.25) is 0 Å². The number of ether oxygens (including phenoxy) is 1. The Morgan fingerprint density at radius 2 is 1.53 bits per heavy atom. The van der Waals surface area contributed by atoms with Crippen molar-refractivity contribution in [1.29, 1.82) is 5.26 Å². The van der Waals surface area contributed by atoms with Crippen LogP contribution in [-0.4, -0.2) is 64.1 Å². The van der Waals surface area contributed by atoms with Crippen LogP contribution in [0.15, 0.2) is 97.1 Å². The van der Waals surface area contributed by atoms with E-state index in [1.165, 1.54) is 65.2 Å². The lowest BCUT2D eigenvalue weighted by Crippen LogP contribution is -2.57. The number of anilines is 1. The molecule has 11 nitrogen and oxygen atoms in total. The van der Waals surface area contributed by atoms with Crippen LogP contribution < -0.4 is 20.3 Å². The molecule has 51 heavy (non-hydrogen) atoms. The predicted octanol–water partition coefficient (Wildman–Crippen LogP) is 4.07. The summed E-state index contributed by atoms with van der Waals surface area (Å²) in [7, 11) is 0. The molecule has 1 aliphatic rings. The van der Waals surface area contributed by atoms with Crippen LogP contribution in [-0.2, 0) is 25.6 Å². The molecule has 262 valence electrons. The van der Waals surface area contributed by atoms with Crippen LogP contribution in [0.25, 0.3) is 0 Å². The smallest absolute Gasteiger partial charge is 0.326 e. The summed E-state index contributed by atoms with van der Waals surface area (Å²) >= 11 is 1.25. The van der Waals surface area contributed by atoms with Crippen molar-refractivity contribution in [2.24, 2.45) is 0 Å². The minimum Gasteiger partial charge on any atom is -0.484 e. The SMILES string of the molecule is N#Cc1ccc(C[C@@H](NC(=O)CNC(=O)COc2ccc(C3C(SCC(O)c4ccc(F)cc4)C(=O)N3c3ccc(F)cc3)cc2)C(=O)O)cc1. The minimum atomic E-state index is -1.26. The lowest BCUT2D eigenvalue weighted by atomic mass is 9.92. The van der Waals surface area contributed by atoms with Gasteiger partial charge in [0, 0.05) is 17.9 Å². The topological polar surface area (TPSA) is 169 Å². The molecule has 1 fully saturated rings. The number of aliphatic hydroxyl groups excluding tert-OH is 1. The third kappa shape index (κ3) is 9.47. The molecule has 1 saturated heterocycles. The van der Waals surface area contributed by atoms with Gasteiger partial charge in [0.1, 0.15) is 28.7 Å². The third-order valence-electron chi connectivity index (χ3n) is 8.03. The highest BCUT2D eigenvalue weighted by Gasteiger charge is 2.49. The first kappa shape index (κ1) is 36.5. The molecule has 5 rings (SSSR count). The monoisotopic (exact) mass is 714 g/mol. The summed E-state index contributed by atoms with van der Waals surface area (Å²) in [5.41, 5.74) is 2.74. The van der Waals surface area contributed by atoms with E-state index in [1.54, 1.807) is 48.5 Å². The van der Waals surface area contributed by atoms with Gasteiger partial charge < -0.3 is 30.5 Å². The van der Waals surface area contributed by atoms with Crippen LogP contribution in [0.5, 0.6) is 5.75 Å². The second-order valence-electron chi connectivity index (χ2n) is 11.6. The van der Waals surface area contributed by atoms with Crippen molar-refractivity contribution in [2.45, 2.75) is 29.9 Å². The predicted molar refractivity (Wildman–Crippen MR) is 184 cm³/mol. The molecule has 4 N–H and O–H groups in total. The van der Waals surface area contributed by atoms with Gasteiger partial charge in [-0.3, -0.25) is 14.4 Å². The molecule has 4 atom stereocenters. The van der Waals surface area contributed by atoms with Crippen molar-refractivity contribution in [3.05, 3.63) is 131 Å². The summed E-state index contributed by atoms with van der Waals surface area (Å²) < 4.78 is 32.5. The van der Waals surface area contributed by atoms with Gasteiger partial charge in [-0.2, -0.15) is 5.26 Å². The first-order valence-electron chi connectivity index (χ1n) is 15.7. The standard InChI is InChI=1S/C37H32F2N4O7S/c38-26-9-5-24(6-10-26)31(44)21-51-35-34(43(36(35)47)28-13-11-27(39)12-14-28)25-7-15-29(16-8-25)50-20-33(46)41-19-32(45)42-30(37(48)49)17-22-1-3-23(18-40)4-2-22/h1-16,30-31,34-35,44H,17,19-21H2,(H,41,46)(H,42,45)(H,48,49)/t30-,31?,34?,35?/m1/s1. The van der Waals surface area contributed by atoms with Crippen molar-refractivity contribution in [3.63, 3.8) is 0 Å². The van der Waals surface area contributed by atoms with Gasteiger partial charge in [-0.05, 0) is 77.4 Å². The molecule has 3 amide bonds. The number of nitrogens with one attached hydrogen (secondary N) is 2. The maximum Gasteiger partial charge on any atom is 0.326 e. The van der Waals surface area contributed by atoms with E-state index in [1.807, 2.05) is 6.07 Å². The maximum atomic E-state index is 13.6. The summed E-state index contributed by atoms with van der Waals surface area (Å²) in [6.07, 6.45) is -0.960. The molecular formula is C37H32F2N4O7S. The number of halogens is 2. The van der Waals surface area contributed by atoms with E-state index in [4.69, 9.17) is 10.00 Å². The molecule has 0 bridgehead atoms. The number of β-lactam (4-membered cyclic amide) rings is 1. The van der Waals surface area contributed by atoms with Crippen LogP contribution in [0.4, 0.5) is 14.5 Å². The van der Waals surface area contributed by atoms with Gasteiger partial charge >= 0.3 is 5.97 Å². The van der Waals surface area contributed by atoms with E-state index in [0.29, 0.717) is 28.1 Å². The average Bonchev–Trinajstić information content (AvgIpc) is 3.13. The lowest BCUT2D eigenvalue weighted by Gasteiger charge is -2.47. The highest BCUT2D eigenvalue weighted by atomic mass is 32.2. The third-order valence-corrected chi connectivity index (χ3v) is 9.36. The zero-order valence-electron chi connectivity index (χ0n) is 26.9. The number of carbonyl (C=O) groups is 4. The highest BCUT2D eigenvalue weighted by Crippen LogP contribution is 2.46. The van der Waals surface area contributed by atoms with E-state index < -0.39 is 66.0 Å². The van der Waals surface area contributed by atoms with Gasteiger partial charge in [0.25, 0.3) is 5.91 Å². The number of thioether (sulfide) groups is 1. The molecule has 0 spiro atoms. The quantitative estimate of drug-likeness (QED) is 0.133. The zero-order valence-corrected chi connectivity index (χ0v) is 27.7. The number of carboxylic acid groups (broad SMARTS) is 1. The summed E-state index contributed by atoms with van der Waals surface area (Å²) in [4.78, 5) is 51.3. The molecule has 3 unspecified atom stereocenters. The molecule has 4 aromatic carbocycles. The normalized spacial score (nSPS) is 16.3. The van der Waals surface area contributed by atoms with Crippen LogP contribution >= 0.6 is 11.8 Å². The number of amides is 3. The van der Waals surface area contributed by atoms with E-state index in [0.717, 1.165) is 5.56 Å². The first-order valence-corrected chi connectivity index (χ1v) is 16.7. The Hall–Kier alpha value is -5.78. The Balaban J connectivity index is 1.15. The number of carbonyl (C=O) groups excluding carboxylic acids is 3. The second-order valence-corrected chi connectivity index (χ2v) is 12.7. The minimum absolute atomic E-state index is 0.0199. The molecule has 0 saturated carbocycles. The molecular weight excluding hydrogens is 682 g/mol. The van der Waals surface area contributed by atoms with Crippen LogP contribution in [0.3, 0.4) is 0 Å². The average molecular weight is 715 g/mol. The molecule has 1 aliphatic heterocycles. The fourth-order valence-corrected chi connectivity index (χ4v) is 6.65. The fraction of sp³-hybridized carbons (Fsp3) is 0.216. The number of aliphatic carboxylic acids is 1. The number of hydrogen-bond acceptors (Lipinski definition) is 8. The summed E-state index contributed by atoms with van der Waals surface area (Å²) in [5, 5.41) is 33.3. The van der Waals surface area contributed by atoms with Crippen LogP contribution in [0.1, 0.15) is 34.4 Å². The number of benzene rings is 4. The molecule has 4 aromatic rings. The van der Waals surface area contributed by atoms with E-state index in [9.17, 15) is 38.2 Å². The van der Waals surface area contributed by atoms with Crippen molar-refractivity contribution >= 4 is 41.1 Å². The number of rotatable bonds is 15. The largest absolute Gasteiger partial charge is 0.484 e. The molecule has 14 heteroatoms. The van der Waals surface area contributed by atoms with Crippen molar-refractivity contribution in [1.82, 2.24) is 10.6 Å². The first-order chi connectivity index (χ1) is 24.5. The van der Waals surface area contributed by atoms with Gasteiger partial charge in [-0.25, -0.2) is 13.6 Å². The Morgan fingerprint density at radius 3 is 2.14 bits per heavy atom. The number of hydrogen-bond donors (Lipinski definition) is 4. The summed E-state index contributed by atoms with van der Waals surface area (Å²) in [5.74, 6) is -3.23.